The lowest BCUT2D eigenvalue weighted by atomic mass is 10.1. The zero-order valence-corrected chi connectivity index (χ0v) is 11.8. The second-order valence-electron chi connectivity index (χ2n) is 4.82. The molecule has 0 atom stereocenters. The van der Waals surface area contributed by atoms with Crippen molar-refractivity contribution in [3.63, 3.8) is 0 Å². The van der Waals surface area contributed by atoms with Gasteiger partial charge in [-0.3, -0.25) is 4.79 Å². The summed E-state index contributed by atoms with van der Waals surface area (Å²) in [7, 11) is 0. The minimum Gasteiger partial charge on any atom is -0.330 e. The van der Waals surface area contributed by atoms with E-state index in [2.05, 4.69) is 11.4 Å². The number of thiophene rings is 1. The Hall–Kier alpha value is -1.38. The summed E-state index contributed by atoms with van der Waals surface area (Å²) in [6.07, 6.45) is 6.45. The van der Waals surface area contributed by atoms with E-state index in [1.54, 1.807) is 11.3 Å². The van der Waals surface area contributed by atoms with Crippen molar-refractivity contribution in [2.24, 2.45) is 5.73 Å². The van der Waals surface area contributed by atoms with Crippen LogP contribution in [0.3, 0.4) is 0 Å². The number of carbonyl (C=O) groups excluding carboxylic acids is 1. The first-order valence-electron chi connectivity index (χ1n) is 6.80. The van der Waals surface area contributed by atoms with Crippen molar-refractivity contribution in [1.82, 2.24) is 0 Å². The maximum Gasteiger partial charge on any atom is 0.225 e. The van der Waals surface area contributed by atoms with Gasteiger partial charge in [0.25, 0.3) is 0 Å². The fraction of sp³-hybridized carbons (Fsp3) is 0.571. The monoisotopic (exact) mass is 277 g/mol. The SMILES string of the molecule is N#Cc1c(NC(=O)CCCCCN)sc2c1CCC2. The number of nitriles is 1. The molecule has 5 heteroatoms. The zero-order valence-electron chi connectivity index (χ0n) is 11.0. The molecule has 0 aliphatic heterocycles. The number of nitrogens with one attached hydrogen (secondary N) is 1. The van der Waals surface area contributed by atoms with Gasteiger partial charge in [-0.05, 0) is 44.2 Å². The lowest BCUT2D eigenvalue weighted by Crippen LogP contribution is -2.11. The summed E-state index contributed by atoms with van der Waals surface area (Å²) in [4.78, 5) is 13.1. The van der Waals surface area contributed by atoms with Crippen LogP contribution in [0.1, 0.15) is 48.1 Å². The largest absolute Gasteiger partial charge is 0.330 e. The summed E-state index contributed by atoms with van der Waals surface area (Å²) in [5.41, 5.74) is 7.26. The molecular weight excluding hydrogens is 258 g/mol. The summed E-state index contributed by atoms with van der Waals surface area (Å²) >= 11 is 1.57. The minimum atomic E-state index is 0.00782. The topological polar surface area (TPSA) is 78.9 Å². The van der Waals surface area contributed by atoms with Gasteiger partial charge in [-0.25, -0.2) is 0 Å². The van der Waals surface area contributed by atoms with Crippen molar-refractivity contribution in [2.45, 2.75) is 44.9 Å². The normalized spacial score (nSPS) is 13.1. The second kappa shape index (κ2) is 6.69. The summed E-state index contributed by atoms with van der Waals surface area (Å²) in [5, 5.41) is 12.9. The molecule has 2 rings (SSSR count). The number of hydrogen-bond acceptors (Lipinski definition) is 4. The predicted molar refractivity (Wildman–Crippen MR) is 77.2 cm³/mol. The van der Waals surface area contributed by atoms with Crippen molar-refractivity contribution in [3.05, 3.63) is 16.0 Å². The third kappa shape index (κ3) is 3.34. The lowest BCUT2D eigenvalue weighted by molar-refractivity contribution is -0.116. The Balaban J connectivity index is 1.93. The number of nitrogens with zero attached hydrogens (tertiary/aromatic N) is 1. The summed E-state index contributed by atoms with van der Waals surface area (Å²) < 4.78 is 0. The molecule has 0 saturated heterocycles. The molecule has 1 aromatic rings. The van der Waals surface area contributed by atoms with Gasteiger partial charge in [0.15, 0.2) is 0 Å². The number of aryl methyl sites for hydroxylation is 1. The van der Waals surface area contributed by atoms with Crippen LogP contribution in [0.5, 0.6) is 0 Å². The molecule has 102 valence electrons. The Morgan fingerprint density at radius 2 is 2.21 bits per heavy atom. The summed E-state index contributed by atoms with van der Waals surface area (Å²) in [5.74, 6) is 0.00782. The summed E-state index contributed by atoms with van der Waals surface area (Å²) in [6, 6.07) is 2.24. The van der Waals surface area contributed by atoms with Gasteiger partial charge in [-0.15, -0.1) is 11.3 Å². The fourth-order valence-corrected chi connectivity index (χ4v) is 3.66. The van der Waals surface area contributed by atoms with E-state index in [-0.39, 0.29) is 5.91 Å². The number of rotatable bonds is 6. The first-order chi connectivity index (χ1) is 9.26. The van der Waals surface area contributed by atoms with Crippen LogP contribution in [-0.2, 0) is 17.6 Å². The first kappa shape index (κ1) is 14.0. The molecule has 1 amide bonds. The molecule has 0 saturated carbocycles. The molecule has 1 heterocycles. The Morgan fingerprint density at radius 3 is 2.95 bits per heavy atom. The van der Waals surface area contributed by atoms with Gasteiger partial charge in [-0.1, -0.05) is 6.42 Å². The molecule has 1 aliphatic carbocycles. The van der Waals surface area contributed by atoms with Crippen molar-refractivity contribution in [1.29, 1.82) is 5.26 Å². The maximum absolute atomic E-state index is 11.8. The van der Waals surface area contributed by atoms with Crippen molar-refractivity contribution in [3.8, 4) is 6.07 Å². The van der Waals surface area contributed by atoms with Crippen LogP contribution in [0.15, 0.2) is 0 Å². The van der Waals surface area contributed by atoms with Crippen LogP contribution in [-0.4, -0.2) is 12.5 Å². The van der Waals surface area contributed by atoms with Crippen LogP contribution >= 0.6 is 11.3 Å². The van der Waals surface area contributed by atoms with E-state index in [0.717, 1.165) is 49.1 Å². The highest BCUT2D eigenvalue weighted by Crippen LogP contribution is 2.38. The Labute approximate surface area is 117 Å². The van der Waals surface area contributed by atoms with Gasteiger partial charge in [0.05, 0.1) is 5.56 Å². The van der Waals surface area contributed by atoms with E-state index in [4.69, 9.17) is 5.73 Å². The van der Waals surface area contributed by atoms with Crippen LogP contribution in [0, 0.1) is 11.3 Å². The molecule has 3 N–H and O–H groups in total. The van der Waals surface area contributed by atoms with E-state index in [9.17, 15) is 10.1 Å². The van der Waals surface area contributed by atoms with Crippen molar-refractivity contribution < 1.29 is 4.79 Å². The number of unbranched alkanes of at least 4 members (excludes halogenated alkanes) is 2. The molecule has 19 heavy (non-hydrogen) atoms. The van der Waals surface area contributed by atoms with E-state index < -0.39 is 0 Å². The molecule has 0 radical (unpaired) electrons. The van der Waals surface area contributed by atoms with Crippen molar-refractivity contribution >= 4 is 22.2 Å². The van der Waals surface area contributed by atoms with Gasteiger partial charge in [0, 0.05) is 11.3 Å². The van der Waals surface area contributed by atoms with Crippen LogP contribution < -0.4 is 11.1 Å². The highest BCUT2D eigenvalue weighted by atomic mass is 32.1. The van der Waals surface area contributed by atoms with Gasteiger partial charge in [0.2, 0.25) is 5.91 Å². The Morgan fingerprint density at radius 1 is 1.37 bits per heavy atom. The minimum absolute atomic E-state index is 0.00782. The van der Waals surface area contributed by atoms with Gasteiger partial charge in [-0.2, -0.15) is 5.26 Å². The molecular formula is C14H19N3OS. The second-order valence-corrected chi connectivity index (χ2v) is 5.93. The quantitative estimate of drug-likeness (QED) is 0.784. The highest BCUT2D eigenvalue weighted by molar-refractivity contribution is 7.16. The lowest BCUT2D eigenvalue weighted by Gasteiger charge is -2.03. The molecule has 1 aromatic heterocycles. The van der Waals surface area contributed by atoms with Crippen molar-refractivity contribution in [2.75, 3.05) is 11.9 Å². The van der Waals surface area contributed by atoms with Crippen LogP contribution in [0.25, 0.3) is 0 Å². The Kier molecular flexibility index (Phi) is 4.94. The van der Waals surface area contributed by atoms with Gasteiger partial charge >= 0.3 is 0 Å². The number of anilines is 1. The third-order valence-electron chi connectivity index (χ3n) is 3.39. The number of amides is 1. The molecule has 1 aliphatic rings. The number of fused-ring (bicyclic) bond motifs is 1. The van der Waals surface area contributed by atoms with Gasteiger partial charge in [0.1, 0.15) is 11.1 Å². The Bertz CT molecular complexity index is 502. The number of carbonyl (C=O) groups is 1. The molecule has 0 spiro atoms. The summed E-state index contributed by atoms with van der Waals surface area (Å²) in [6.45, 7) is 0.678. The number of nitrogens with two attached hydrogens (primary N) is 1. The van der Waals surface area contributed by atoms with Crippen LogP contribution in [0.2, 0.25) is 0 Å². The maximum atomic E-state index is 11.8. The molecule has 4 nitrogen and oxygen atoms in total. The van der Waals surface area contributed by atoms with Gasteiger partial charge < -0.3 is 11.1 Å². The molecule has 0 aromatic carbocycles. The van der Waals surface area contributed by atoms with E-state index in [0.29, 0.717) is 18.5 Å². The van der Waals surface area contributed by atoms with E-state index >= 15 is 0 Å². The average molecular weight is 277 g/mol. The average Bonchev–Trinajstić information content (AvgIpc) is 2.94. The molecule has 0 unspecified atom stereocenters. The van der Waals surface area contributed by atoms with Crippen LogP contribution in [0.4, 0.5) is 5.00 Å². The van der Waals surface area contributed by atoms with E-state index in [1.807, 2.05) is 0 Å². The smallest absolute Gasteiger partial charge is 0.225 e. The number of hydrogen-bond donors (Lipinski definition) is 2. The van der Waals surface area contributed by atoms with E-state index in [1.165, 1.54) is 4.88 Å². The standard InChI is InChI=1S/C14H19N3OS/c15-8-3-1-2-7-13(18)17-14-11(9-16)10-5-4-6-12(10)19-14/h1-8,15H2,(H,17,18). The fourth-order valence-electron chi connectivity index (χ4n) is 2.41. The zero-order chi connectivity index (χ0) is 13.7. The molecule has 0 fully saturated rings. The molecule has 0 bridgehead atoms. The third-order valence-corrected chi connectivity index (χ3v) is 4.60. The highest BCUT2D eigenvalue weighted by Gasteiger charge is 2.22. The first-order valence-corrected chi connectivity index (χ1v) is 7.62. The predicted octanol–water partition coefficient (Wildman–Crippen LogP) is 2.57.